The molecule has 3 heterocycles. The number of fused-ring (bicyclic) bond motifs is 9. The van der Waals surface area contributed by atoms with Gasteiger partial charge in [0.2, 0.25) is 0 Å². The molecule has 3 aromatic heterocycles. The van der Waals surface area contributed by atoms with E-state index < -0.39 is 0 Å². The molecule has 5 nitrogen and oxygen atoms in total. The molecule has 0 spiro atoms. The zero-order chi connectivity index (χ0) is 36.6. The molecule has 0 N–H and O–H groups in total. The van der Waals surface area contributed by atoms with E-state index in [-0.39, 0.29) is 0 Å². The molecule has 5 heteroatoms. The van der Waals surface area contributed by atoms with Crippen LogP contribution in [0.1, 0.15) is 11.1 Å². The Labute approximate surface area is 316 Å². The minimum atomic E-state index is 0.590. The molecule has 0 saturated heterocycles. The first-order valence-electron chi connectivity index (χ1n) is 18.3. The lowest BCUT2D eigenvalue weighted by molar-refractivity contribution is 1.16. The number of nitrogens with zero attached hydrogens (tertiary/aromatic N) is 5. The van der Waals surface area contributed by atoms with Gasteiger partial charge in [0.15, 0.2) is 0 Å². The van der Waals surface area contributed by atoms with Crippen LogP contribution in [0.4, 0.5) is 0 Å². The Kier molecular flexibility index (Phi) is 6.61. The Hall–Kier alpha value is -7.86. The number of benzene rings is 8. The molecule has 0 unspecified atom stereocenters. The van der Waals surface area contributed by atoms with Crippen LogP contribution in [0.15, 0.2) is 176 Å². The summed E-state index contributed by atoms with van der Waals surface area (Å²) in [6, 6.07) is 66.0. The van der Waals surface area contributed by atoms with Gasteiger partial charge >= 0.3 is 0 Å². The first kappa shape index (κ1) is 30.7. The summed E-state index contributed by atoms with van der Waals surface area (Å²) < 4.78 is 6.93. The molecule has 11 rings (SSSR count). The second kappa shape index (κ2) is 11.8. The maximum absolute atomic E-state index is 10.6. The number of aromatic nitrogens is 3. The summed E-state index contributed by atoms with van der Waals surface area (Å²) in [6.45, 7) is 0. The van der Waals surface area contributed by atoms with E-state index in [1.165, 1.54) is 32.6 Å². The average Bonchev–Trinajstić information content (AvgIpc) is 3.88. The molecule has 0 aliphatic carbocycles. The van der Waals surface area contributed by atoms with Crippen LogP contribution in [0, 0.1) is 22.7 Å². The van der Waals surface area contributed by atoms with Gasteiger partial charge in [0, 0.05) is 49.3 Å². The third-order valence-corrected chi connectivity index (χ3v) is 11.1. The normalized spacial score (nSPS) is 11.6. The lowest BCUT2D eigenvalue weighted by Gasteiger charge is -2.17. The molecule has 0 bridgehead atoms. The topological polar surface area (TPSA) is 62.4 Å². The zero-order valence-corrected chi connectivity index (χ0v) is 29.5. The highest BCUT2D eigenvalue weighted by atomic mass is 15.0. The number of para-hydroxylation sites is 4. The van der Waals surface area contributed by atoms with Crippen molar-refractivity contribution in [2.45, 2.75) is 0 Å². The van der Waals surface area contributed by atoms with Crippen LogP contribution < -0.4 is 0 Å². The van der Waals surface area contributed by atoms with Gasteiger partial charge in [-0.1, -0.05) is 91.0 Å². The van der Waals surface area contributed by atoms with E-state index >= 15 is 0 Å². The largest absolute Gasteiger partial charge is 0.309 e. The second-order valence-corrected chi connectivity index (χ2v) is 14.0. The van der Waals surface area contributed by atoms with Gasteiger partial charge in [-0.25, -0.2) is 0 Å². The van der Waals surface area contributed by atoms with E-state index in [0.29, 0.717) is 11.1 Å². The molecular weight excluding hydrogens is 671 g/mol. The van der Waals surface area contributed by atoms with Crippen molar-refractivity contribution in [1.82, 2.24) is 13.7 Å². The van der Waals surface area contributed by atoms with Crippen molar-refractivity contribution in [3.05, 3.63) is 187 Å². The fraction of sp³-hybridized carbons (Fsp3) is 0. The summed E-state index contributed by atoms with van der Waals surface area (Å²) in [5.74, 6) is 0. The number of nitriles is 2. The first-order chi connectivity index (χ1) is 27.2. The Bertz CT molecular complexity index is 3420. The summed E-state index contributed by atoms with van der Waals surface area (Å²) in [7, 11) is 0. The van der Waals surface area contributed by atoms with Crippen LogP contribution in [0.3, 0.4) is 0 Å². The van der Waals surface area contributed by atoms with Gasteiger partial charge in [-0.2, -0.15) is 10.5 Å². The zero-order valence-electron chi connectivity index (χ0n) is 29.5. The molecule has 0 fully saturated rings. The molecule has 0 aliphatic rings. The van der Waals surface area contributed by atoms with Crippen LogP contribution in [-0.2, 0) is 0 Å². The SMILES string of the molecule is N#Cc1ccc2c(c1)c1ccccc1n2-c1cccc(C#N)c1-c1cccc(-n2c3ccccc3c3cc(-n4c5ccccc5c5ccccc54)ccc32)c1. The average molecular weight is 700 g/mol. The third kappa shape index (κ3) is 4.45. The number of hydrogen-bond acceptors (Lipinski definition) is 2. The van der Waals surface area contributed by atoms with Crippen LogP contribution >= 0.6 is 0 Å². The van der Waals surface area contributed by atoms with Crippen LogP contribution in [0.25, 0.3) is 93.6 Å². The predicted octanol–water partition coefficient (Wildman–Crippen LogP) is 12.4. The summed E-state index contributed by atoms with van der Waals surface area (Å²) in [6.07, 6.45) is 0. The maximum atomic E-state index is 10.6. The molecule has 55 heavy (non-hydrogen) atoms. The monoisotopic (exact) mass is 699 g/mol. The van der Waals surface area contributed by atoms with E-state index in [4.69, 9.17) is 0 Å². The predicted molar refractivity (Wildman–Crippen MR) is 224 cm³/mol. The molecule has 11 aromatic rings. The van der Waals surface area contributed by atoms with Gasteiger partial charge in [0.05, 0.1) is 62.1 Å². The van der Waals surface area contributed by atoms with Crippen molar-refractivity contribution >= 4 is 65.4 Å². The molecular formula is C50H29N5. The van der Waals surface area contributed by atoms with E-state index in [1.807, 2.05) is 42.5 Å². The van der Waals surface area contributed by atoms with Crippen molar-refractivity contribution in [3.8, 4) is 40.3 Å². The van der Waals surface area contributed by atoms with Crippen LogP contribution in [0.2, 0.25) is 0 Å². The fourth-order valence-corrected chi connectivity index (χ4v) is 8.80. The highest BCUT2D eigenvalue weighted by Crippen LogP contribution is 2.41. The molecule has 0 radical (unpaired) electrons. The summed E-state index contributed by atoms with van der Waals surface area (Å²) in [5.41, 5.74) is 12.6. The lowest BCUT2D eigenvalue weighted by atomic mass is 9.97. The number of rotatable bonds is 4. The van der Waals surface area contributed by atoms with Gasteiger partial charge in [-0.05, 0) is 90.5 Å². The van der Waals surface area contributed by atoms with Crippen molar-refractivity contribution in [2.24, 2.45) is 0 Å². The standard InChI is InChI=1S/C50H29N5/c51-30-32-23-25-48-41(27-32)39-16-4-8-21-46(39)55(48)49-22-10-12-34(31-52)50(49)33-11-9-13-35(28-33)53-45-20-7-3-17-40(45)42-29-36(24-26-47(42)53)54-43-18-5-1-14-37(43)38-15-2-6-19-44(38)54/h1-29H. The minimum absolute atomic E-state index is 0.590. The summed E-state index contributed by atoms with van der Waals surface area (Å²) >= 11 is 0. The minimum Gasteiger partial charge on any atom is -0.309 e. The lowest BCUT2D eigenvalue weighted by Crippen LogP contribution is -2.00. The maximum Gasteiger partial charge on any atom is 0.0998 e. The summed E-state index contributed by atoms with van der Waals surface area (Å²) in [5, 5.41) is 27.2. The van der Waals surface area contributed by atoms with Gasteiger partial charge in [0.1, 0.15) is 0 Å². The molecule has 0 aliphatic heterocycles. The Morgan fingerprint density at radius 2 is 0.836 bits per heavy atom. The van der Waals surface area contributed by atoms with Crippen molar-refractivity contribution < 1.29 is 0 Å². The highest BCUT2D eigenvalue weighted by Gasteiger charge is 2.20. The van der Waals surface area contributed by atoms with Crippen molar-refractivity contribution in [1.29, 1.82) is 10.5 Å². The Morgan fingerprint density at radius 3 is 1.45 bits per heavy atom. The smallest absolute Gasteiger partial charge is 0.0998 e. The van der Waals surface area contributed by atoms with Crippen molar-refractivity contribution in [3.63, 3.8) is 0 Å². The highest BCUT2D eigenvalue weighted by molar-refractivity contribution is 6.13. The van der Waals surface area contributed by atoms with Gasteiger partial charge in [0.25, 0.3) is 0 Å². The van der Waals surface area contributed by atoms with E-state index in [1.54, 1.807) is 0 Å². The van der Waals surface area contributed by atoms with E-state index in [2.05, 4.69) is 159 Å². The summed E-state index contributed by atoms with van der Waals surface area (Å²) in [4.78, 5) is 0. The Morgan fingerprint density at radius 1 is 0.345 bits per heavy atom. The second-order valence-electron chi connectivity index (χ2n) is 14.0. The van der Waals surface area contributed by atoms with Gasteiger partial charge in [-0.3, -0.25) is 0 Å². The Balaban J connectivity index is 1.13. The molecule has 8 aromatic carbocycles. The van der Waals surface area contributed by atoms with Gasteiger partial charge in [-0.15, -0.1) is 0 Å². The van der Waals surface area contributed by atoms with Crippen LogP contribution in [0.5, 0.6) is 0 Å². The fourth-order valence-electron chi connectivity index (χ4n) is 8.80. The molecule has 254 valence electrons. The molecule has 0 amide bonds. The van der Waals surface area contributed by atoms with Gasteiger partial charge < -0.3 is 13.7 Å². The molecule has 0 saturated carbocycles. The third-order valence-electron chi connectivity index (χ3n) is 11.1. The molecule has 0 atom stereocenters. The van der Waals surface area contributed by atoms with E-state index in [9.17, 15) is 10.5 Å². The van der Waals surface area contributed by atoms with Crippen molar-refractivity contribution in [2.75, 3.05) is 0 Å². The number of hydrogen-bond donors (Lipinski definition) is 0. The van der Waals surface area contributed by atoms with E-state index in [0.717, 1.165) is 61.0 Å². The first-order valence-corrected chi connectivity index (χ1v) is 18.3. The van der Waals surface area contributed by atoms with Crippen LogP contribution in [-0.4, -0.2) is 13.7 Å². The quantitative estimate of drug-likeness (QED) is 0.184.